The molecule has 1 amide bonds. The number of nitrogens with zero attached hydrogens (tertiary/aromatic N) is 2. The molecular formula is C21H24N2O4. The van der Waals surface area contributed by atoms with Crippen molar-refractivity contribution >= 4 is 17.6 Å². The van der Waals surface area contributed by atoms with Crippen LogP contribution < -0.4 is 9.64 Å². The number of methoxy groups -OCH3 is 1. The normalized spacial score (nSPS) is 15.2. The molecule has 0 bridgehead atoms. The minimum Gasteiger partial charge on any atom is -0.495 e. The molecule has 1 heterocycles. The third-order valence-corrected chi connectivity index (χ3v) is 4.63. The fraction of sp³-hybridized carbons (Fsp3) is 0.333. The quantitative estimate of drug-likeness (QED) is 0.760. The Bertz CT molecular complexity index is 786. The van der Waals surface area contributed by atoms with Gasteiger partial charge in [0, 0.05) is 38.7 Å². The molecule has 2 aromatic carbocycles. The Morgan fingerprint density at radius 1 is 0.926 bits per heavy atom. The molecular weight excluding hydrogens is 344 g/mol. The third kappa shape index (κ3) is 4.39. The largest absolute Gasteiger partial charge is 0.495 e. The van der Waals surface area contributed by atoms with Gasteiger partial charge < -0.3 is 19.3 Å². The summed E-state index contributed by atoms with van der Waals surface area (Å²) in [6, 6.07) is 17.0. The van der Waals surface area contributed by atoms with Crippen molar-refractivity contribution in [1.29, 1.82) is 0 Å². The van der Waals surface area contributed by atoms with Gasteiger partial charge in [-0.25, -0.2) is 0 Å². The number of hydrogen-bond acceptors (Lipinski definition) is 5. The van der Waals surface area contributed by atoms with E-state index in [-0.39, 0.29) is 5.91 Å². The summed E-state index contributed by atoms with van der Waals surface area (Å²) >= 11 is 0. The molecule has 0 spiro atoms. The zero-order valence-corrected chi connectivity index (χ0v) is 15.6. The number of benzene rings is 2. The number of anilines is 1. The number of ether oxygens (including phenoxy) is 2. The first-order chi connectivity index (χ1) is 13.1. The molecule has 6 nitrogen and oxygen atoms in total. The molecule has 1 aliphatic heterocycles. The Balaban J connectivity index is 1.70. The van der Waals surface area contributed by atoms with Crippen LogP contribution in [0.5, 0.6) is 5.75 Å². The lowest BCUT2D eigenvalue weighted by molar-refractivity contribution is -0.159. The van der Waals surface area contributed by atoms with Gasteiger partial charge in [-0.05, 0) is 12.1 Å². The fourth-order valence-corrected chi connectivity index (χ4v) is 3.28. The van der Waals surface area contributed by atoms with E-state index in [0.717, 1.165) is 11.4 Å². The van der Waals surface area contributed by atoms with Crippen LogP contribution in [0.2, 0.25) is 0 Å². The monoisotopic (exact) mass is 368 g/mol. The second kappa shape index (κ2) is 8.58. The molecule has 1 fully saturated rings. The Kier molecular flexibility index (Phi) is 5.96. The maximum absolute atomic E-state index is 13.0. The number of rotatable bonds is 5. The standard InChI is InChI=1S/C21H24N2O4/c1-16(24)27-20(17-8-4-3-5-9-17)21(25)23-14-12-22(13-15-23)18-10-6-7-11-19(18)26-2/h3-11,20H,12-15H2,1-2H3/t20-/m0/s1. The van der Waals surface area contributed by atoms with E-state index >= 15 is 0 Å². The van der Waals surface area contributed by atoms with Crippen molar-refractivity contribution < 1.29 is 19.1 Å². The van der Waals surface area contributed by atoms with Gasteiger partial charge in [0.05, 0.1) is 12.8 Å². The summed E-state index contributed by atoms with van der Waals surface area (Å²) in [4.78, 5) is 28.5. The van der Waals surface area contributed by atoms with Crippen molar-refractivity contribution in [2.45, 2.75) is 13.0 Å². The lowest BCUT2D eigenvalue weighted by Crippen LogP contribution is -2.50. The van der Waals surface area contributed by atoms with Gasteiger partial charge >= 0.3 is 5.97 Å². The van der Waals surface area contributed by atoms with Gasteiger partial charge in [0.1, 0.15) is 5.75 Å². The molecule has 27 heavy (non-hydrogen) atoms. The van der Waals surface area contributed by atoms with Gasteiger partial charge in [-0.15, -0.1) is 0 Å². The average molecular weight is 368 g/mol. The van der Waals surface area contributed by atoms with E-state index in [1.807, 2.05) is 42.5 Å². The molecule has 2 aromatic rings. The van der Waals surface area contributed by atoms with Crippen molar-refractivity contribution in [3.63, 3.8) is 0 Å². The number of carbonyl (C=O) groups is 2. The molecule has 1 aliphatic rings. The summed E-state index contributed by atoms with van der Waals surface area (Å²) in [7, 11) is 1.65. The maximum atomic E-state index is 13.0. The molecule has 0 aliphatic carbocycles. The number of esters is 1. The second-order valence-electron chi connectivity index (χ2n) is 6.38. The van der Waals surface area contributed by atoms with Gasteiger partial charge in [0.2, 0.25) is 6.10 Å². The average Bonchev–Trinajstić information content (AvgIpc) is 2.72. The summed E-state index contributed by atoms with van der Waals surface area (Å²) in [6.07, 6.45) is -0.901. The molecule has 0 aromatic heterocycles. The van der Waals surface area contributed by atoms with E-state index in [9.17, 15) is 9.59 Å². The first-order valence-corrected chi connectivity index (χ1v) is 8.99. The van der Waals surface area contributed by atoms with Crippen LogP contribution in [0.25, 0.3) is 0 Å². The molecule has 1 saturated heterocycles. The predicted octanol–water partition coefficient (Wildman–Crippen LogP) is 2.65. The summed E-state index contributed by atoms with van der Waals surface area (Å²) < 4.78 is 10.8. The molecule has 142 valence electrons. The van der Waals surface area contributed by atoms with Crippen LogP contribution in [0.3, 0.4) is 0 Å². The zero-order valence-electron chi connectivity index (χ0n) is 15.6. The van der Waals surface area contributed by atoms with Crippen LogP contribution in [0.4, 0.5) is 5.69 Å². The van der Waals surface area contributed by atoms with Crippen molar-refractivity contribution in [2.24, 2.45) is 0 Å². The van der Waals surface area contributed by atoms with Gasteiger partial charge in [-0.2, -0.15) is 0 Å². The van der Waals surface area contributed by atoms with E-state index in [1.165, 1.54) is 6.92 Å². The van der Waals surface area contributed by atoms with Crippen LogP contribution in [-0.2, 0) is 14.3 Å². The molecule has 1 atom stereocenters. The number of para-hydroxylation sites is 2. The summed E-state index contributed by atoms with van der Waals surface area (Å²) in [5.74, 6) is 0.167. The van der Waals surface area contributed by atoms with Gasteiger partial charge in [0.15, 0.2) is 0 Å². The highest BCUT2D eigenvalue weighted by Crippen LogP contribution is 2.29. The highest BCUT2D eigenvalue weighted by Gasteiger charge is 2.31. The number of amides is 1. The highest BCUT2D eigenvalue weighted by atomic mass is 16.5. The maximum Gasteiger partial charge on any atom is 0.303 e. The van der Waals surface area contributed by atoms with Gasteiger partial charge in [-0.3, -0.25) is 9.59 Å². The van der Waals surface area contributed by atoms with E-state index in [0.29, 0.717) is 31.7 Å². The summed E-state index contributed by atoms with van der Waals surface area (Å²) in [6.45, 7) is 3.81. The van der Waals surface area contributed by atoms with E-state index in [1.54, 1.807) is 24.1 Å². The number of hydrogen-bond donors (Lipinski definition) is 0. The first-order valence-electron chi connectivity index (χ1n) is 8.99. The fourth-order valence-electron chi connectivity index (χ4n) is 3.28. The number of carbonyl (C=O) groups excluding carboxylic acids is 2. The smallest absolute Gasteiger partial charge is 0.303 e. The van der Waals surface area contributed by atoms with Gasteiger partial charge in [-0.1, -0.05) is 42.5 Å². The van der Waals surface area contributed by atoms with Crippen LogP contribution in [0.1, 0.15) is 18.6 Å². The highest BCUT2D eigenvalue weighted by molar-refractivity contribution is 5.85. The predicted molar refractivity (Wildman–Crippen MR) is 103 cm³/mol. The molecule has 6 heteroatoms. The Morgan fingerprint density at radius 2 is 1.56 bits per heavy atom. The van der Waals surface area contributed by atoms with Crippen molar-refractivity contribution in [3.8, 4) is 5.75 Å². The Labute approximate surface area is 159 Å². The van der Waals surface area contributed by atoms with Crippen LogP contribution in [0, 0.1) is 0 Å². The molecule has 3 rings (SSSR count). The first kappa shape index (κ1) is 18.8. The minimum absolute atomic E-state index is 0.184. The van der Waals surface area contributed by atoms with Gasteiger partial charge in [0.25, 0.3) is 5.91 Å². The molecule has 0 saturated carbocycles. The minimum atomic E-state index is -0.901. The van der Waals surface area contributed by atoms with Crippen LogP contribution in [-0.4, -0.2) is 50.1 Å². The zero-order chi connectivity index (χ0) is 19.2. The summed E-state index contributed by atoms with van der Waals surface area (Å²) in [5, 5.41) is 0. The van der Waals surface area contributed by atoms with E-state index in [2.05, 4.69) is 4.90 Å². The second-order valence-corrected chi connectivity index (χ2v) is 6.38. The molecule has 0 N–H and O–H groups in total. The summed E-state index contributed by atoms with van der Waals surface area (Å²) in [5.41, 5.74) is 1.71. The van der Waals surface area contributed by atoms with Crippen LogP contribution >= 0.6 is 0 Å². The SMILES string of the molecule is COc1ccccc1N1CCN(C(=O)[C@@H](OC(C)=O)c2ccccc2)CC1. The third-order valence-electron chi connectivity index (χ3n) is 4.63. The van der Waals surface area contributed by atoms with Crippen molar-refractivity contribution in [2.75, 3.05) is 38.2 Å². The Hall–Kier alpha value is -3.02. The Morgan fingerprint density at radius 3 is 2.19 bits per heavy atom. The van der Waals surface area contributed by atoms with E-state index in [4.69, 9.17) is 9.47 Å². The van der Waals surface area contributed by atoms with E-state index < -0.39 is 12.1 Å². The number of piperazine rings is 1. The van der Waals surface area contributed by atoms with Crippen molar-refractivity contribution in [3.05, 3.63) is 60.2 Å². The van der Waals surface area contributed by atoms with Crippen LogP contribution in [0.15, 0.2) is 54.6 Å². The topological polar surface area (TPSA) is 59.1 Å². The lowest BCUT2D eigenvalue weighted by Gasteiger charge is -2.37. The molecule has 0 unspecified atom stereocenters. The van der Waals surface area contributed by atoms with Crippen molar-refractivity contribution in [1.82, 2.24) is 4.90 Å². The lowest BCUT2D eigenvalue weighted by atomic mass is 10.1. The molecule has 0 radical (unpaired) electrons.